The Bertz CT molecular complexity index is 1040. The van der Waals surface area contributed by atoms with E-state index in [0.717, 1.165) is 25.9 Å². The van der Waals surface area contributed by atoms with Crippen molar-refractivity contribution in [1.29, 1.82) is 0 Å². The van der Waals surface area contributed by atoms with E-state index >= 15 is 0 Å². The summed E-state index contributed by atoms with van der Waals surface area (Å²) < 4.78 is 0.597. The summed E-state index contributed by atoms with van der Waals surface area (Å²) >= 11 is 9.58. The fraction of sp³-hybridized carbons (Fsp3) is 0.455. The van der Waals surface area contributed by atoms with Gasteiger partial charge in [-0.05, 0) is 67.1 Å². The van der Waals surface area contributed by atoms with Gasteiger partial charge >= 0.3 is 0 Å². The fourth-order valence-corrected chi connectivity index (χ4v) is 4.74. The normalized spacial score (nSPS) is 17.8. The third kappa shape index (κ3) is 5.56. The van der Waals surface area contributed by atoms with Gasteiger partial charge in [0, 0.05) is 37.8 Å². The molecule has 176 valence electrons. The summed E-state index contributed by atoms with van der Waals surface area (Å²) in [5.74, 6) is -0.147. The van der Waals surface area contributed by atoms with Crippen LogP contribution in [0.1, 0.15) is 33.8 Å². The van der Waals surface area contributed by atoms with E-state index < -0.39 is 5.91 Å². The van der Waals surface area contributed by atoms with Gasteiger partial charge in [-0.25, -0.2) is 4.98 Å². The van der Waals surface area contributed by atoms with Crippen molar-refractivity contribution in [3.8, 4) is 0 Å². The number of likely N-dealkylation sites (tertiary alicyclic amines) is 1. The number of carbonyl (C=O) groups is 3. The van der Waals surface area contributed by atoms with Gasteiger partial charge in [-0.1, -0.05) is 11.6 Å². The van der Waals surface area contributed by atoms with Crippen molar-refractivity contribution in [3.63, 3.8) is 0 Å². The van der Waals surface area contributed by atoms with Crippen LogP contribution in [0, 0.1) is 5.92 Å². The average Bonchev–Trinajstić information content (AvgIpc) is 3.25. The van der Waals surface area contributed by atoms with Crippen molar-refractivity contribution >= 4 is 50.9 Å². The minimum atomic E-state index is -0.416. The lowest BCUT2D eigenvalue weighted by Gasteiger charge is -2.38. The second kappa shape index (κ2) is 10.2. The molecule has 3 amide bonds. The molecule has 2 fully saturated rings. The Hall–Kier alpha value is -2.43. The molecule has 0 unspecified atom stereocenters. The maximum atomic E-state index is 13.0. The Labute approximate surface area is 205 Å². The smallest absolute Gasteiger partial charge is 0.291 e. The number of halogens is 2. The Kier molecular flexibility index (Phi) is 7.35. The molecule has 0 saturated carbocycles. The maximum Gasteiger partial charge on any atom is 0.291 e. The molecule has 0 aliphatic carbocycles. The highest BCUT2D eigenvalue weighted by atomic mass is 79.9. The molecule has 2 N–H and O–H groups in total. The first-order valence-corrected chi connectivity index (χ1v) is 12.1. The van der Waals surface area contributed by atoms with Crippen LogP contribution in [0.4, 0.5) is 5.69 Å². The SMILES string of the molecule is CN1CCC(C(=O)N2CCN(C(=O)c3ccc(NC(=O)c4ncc(Br)[nH]4)cc3Cl)CC2)CC1. The van der Waals surface area contributed by atoms with Crippen molar-refractivity contribution in [2.45, 2.75) is 12.8 Å². The summed E-state index contributed by atoms with van der Waals surface area (Å²) in [6, 6.07) is 4.79. The molecule has 2 aromatic rings. The van der Waals surface area contributed by atoms with E-state index in [4.69, 9.17) is 11.6 Å². The summed E-state index contributed by atoms with van der Waals surface area (Å²) in [6.07, 6.45) is 3.28. The molecule has 11 heteroatoms. The van der Waals surface area contributed by atoms with Crippen LogP contribution >= 0.6 is 27.5 Å². The van der Waals surface area contributed by atoms with E-state index in [1.54, 1.807) is 23.1 Å². The van der Waals surface area contributed by atoms with Crippen molar-refractivity contribution < 1.29 is 14.4 Å². The number of hydrogen-bond acceptors (Lipinski definition) is 5. The molecule has 1 aromatic carbocycles. The largest absolute Gasteiger partial charge is 0.339 e. The molecule has 9 nitrogen and oxygen atoms in total. The zero-order chi connectivity index (χ0) is 23.5. The highest BCUT2D eigenvalue weighted by molar-refractivity contribution is 9.10. The minimum Gasteiger partial charge on any atom is -0.339 e. The molecule has 2 aliphatic heterocycles. The number of aromatic amines is 1. The Morgan fingerprint density at radius 3 is 2.36 bits per heavy atom. The number of anilines is 1. The number of H-pyrrole nitrogens is 1. The lowest BCUT2D eigenvalue weighted by molar-refractivity contribution is -0.138. The van der Waals surface area contributed by atoms with E-state index in [2.05, 4.69) is 43.2 Å². The first kappa shape index (κ1) is 23.7. The number of aromatic nitrogens is 2. The lowest BCUT2D eigenvalue weighted by atomic mass is 9.95. The molecular weight excluding hydrogens is 512 g/mol. The van der Waals surface area contributed by atoms with Gasteiger partial charge in [0.05, 0.1) is 16.8 Å². The second-order valence-electron chi connectivity index (χ2n) is 8.42. The number of imidazole rings is 1. The minimum absolute atomic E-state index is 0.0861. The number of piperidine rings is 1. The number of nitrogens with zero attached hydrogens (tertiary/aromatic N) is 4. The topological polar surface area (TPSA) is 102 Å². The van der Waals surface area contributed by atoms with Crippen LogP contribution in [0.5, 0.6) is 0 Å². The van der Waals surface area contributed by atoms with Crippen LogP contribution in [0.2, 0.25) is 5.02 Å². The monoisotopic (exact) mass is 536 g/mol. The van der Waals surface area contributed by atoms with E-state index in [9.17, 15) is 14.4 Å². The van der Waals surface area contributed by atoms with Gasteiger partial charge in [0.1, 0.15) is 4.60 Å². The van der Waals surface area contributed by atoms with Crippen LogP contribution in [-0.4, -0.2) is 88.7 Å². The number of amides is 3. The van der Waals surface area contributed by atoms with Crippen LogP contribution < -0.4 is 5.32 Å². The first-order chi connectivity index (χ1) is 15.8. The van der Waals surface area contributed by atoms with Gasteiger partial charge in [0.25, 0.3) is 11.8 Å². The van der Waals surface area contributed by atoms with E-state index in [1.165, 1.54) is 6.20 Å². The number of nitrogens with one attached hydrogen (secondary N) is 2. The average molecular weight is 538 g/mol. The summed E-state index contributed by atoms with van der Waals surface area (Å²) in [5, 5.41) is 2.95. The molecule has 0 bridgehead atoms. The molecular formula is C22H26BrClN6O3. The second-order valence-corrected chi connectivity index (χ2v) is 9.69. The molecule has 0 radical (unpaired) electrons. The van der Waals surface area contributed by atoms with Crippen molar-refractivity contribution in [2.75, 3.05) is 51.6 Å². The summed E-state index contributed by atoms with van der Waals surface area (Å²) in [5.41, 5.74) is 0.827. The lowest BCUT2D eigenvalue weighted by Crippen LogP contribution is -2.52. The molecule has 1 aromatic heterocycles. The number of benzene rings is 1. The molecule has 4 rings (SSSR count). The third-order valence-electron chi connectivity index (χ3n) is 6.16. The number of hydrogen-bond donors (Lipinski definition) is 2. The Balaban J connectivity index is 1.33. The first-order valence-electron chi connectivity index (χ1n) is 10.9. The standard InChI is InChI=1S/C22H26BrClN6O3/c1-28-6-4-14(5-7-28)21(32)29-8-10-30(11-9-29)22(33)16-3-2-15(12-17(16)24)26-20(31)19-25-13-18(23)27-19/h2-3,12-14H,4-11H2,1H3,(H,25,27)(H,26,31). The summed E-state index contributed by atoms with van der Waals surface area (Å²) in [7, 11) is 2.08. The van der Waals surface area contributed by atoms with Crippen molar-refractivity contribution in [1.82, 2.24) is 24.7 Å². The Morgan fingerprint density at radius 1 is 1.09 bits per heavy atom. The molecule has 0 spiro atoms. The Morgan fingerprint density at radius 2 is 1.76 bits per heavy atom. The van der Waals surface area contributed by atoms with Gasteiger partial charge in [-0.15, -0.1) is 0 Å². The number of piperazine rings is 1. The quantitative estimate of drug-likeness (QED) is 0.625. The maximum absolute atomic E-state index is 13.0. The van der Waals surface area contributed by atoms with Crippen LogP contribution in [-0.2, 0) is 4.79 Å². The highest BCUT2D eigenvalue weighted by Gasteiger charge is 2.31. The molecule has 33 heavy (non-hydrogen) atoms. The zero-order valence-electron chi connectivity index (χ0n) is 18.3. The predicted octanol–water partition coefficient (Wildman–Crippen LogP) is 2.70. The molecule has 2 aliphatic rings. The molecule has 0 atom stereocenters. The molecule has 3 heterocycles. The van der Waals surface area contributed by atoms with Crippen LogP contribution in [0.25, 0.3) is 0 Å². The van der Waals surface area contributed by atoms with E-state index in [-0.39, 0.29) is 28.6 Å². The van der Waals surface area contributed by atoms with Crippen molar-refractivity contribution in [2.24, 2.45) is 5.92 Å². The van der Waals surface area contributed by atoms with Gasteiger partial charge in [0.15, 0.2) is 5.82 Å². The van der Waals surface area contributed by atoms with Gasteiger partial charge < -0.3 is 25.0 Å². The number of carbonyl (C=O) groups excluding carboxylic acids is 3. The fourth-order valence-electron chi connectivity index (χ4n) is 4.18. The molecule has 2 saturated heterocycles. The zero-order valence-corrected chi connectivity index (χ0v) is 20.7. The van der Waals surface area contributed by atoms with Gasteiger partial charge in [0.2, 0.25) is 5.91 Å². The highest BCUT2D eigenvalue weighted by Crippen LogP contribution is 2.24. The van der Waals surface area contributed by atoms with Crippen LogP contribution in [0.3, 0.4) is 0 Å². The van der Waals surface area contributed by atoms with E-state index in [1.807, 2.05) is 4.90 Å². The number of rotatable bonds is 4. The summed E-state index contributed by atoms with van der Waals surface area (Å²) in [4.78, 5) is 50.7. The third-order valence-corrected chi connectivity index (χ3v) is 6.88. The van der Waals surface area contributed by atoms with Crippen LogP contribution in [0.15, 0.2) is 29.0 Å². The van der Waals surface area contributed by atoms with Crippen molar-refractivity contribution in [3.05, 3.63) is 45.4 Å². The van der Waals surface area contributed by atoms with Gasteiger partial charge in [-0.2, -0.15) is 0 Å². The van der Waals surface area contributed by atoms with E-state index in [0.29, 0.717) is 42.0 Å². The summed E-state index contributed by atoms with van der Waals surface area (Å²) in [6.45, 7) is 3.90. The van der Waals surface area contributed by atoms with Gasteiger partial charge in [-0.3, -0.25) is 14.4 Å². The predicted molar refractivity (Wildman–Crippen MR) is 128 cm³/mol.